The van der Waals surface area contributed by atoms with Crippen molar-refractivity contribution in [3.8, 4) is 0 Å². The van der Waals surface area contributed by atoms with E-state index in [1.165, 1.54) is 6.42 Å². The van der Waals surface area contributed by atoms with Crippen LogP contribution in [0.1, 0.15) is 44.6 Å². The van der Waals surface area contributed by atoms with Crippen molar-refractivity contribution in [3.05, 3.63) is 35.9 Å². The molecule has 1 aromatic carbocycles. The number of rotatable bonds is 4. The average Bonchev–Trinajstić information content (AvgIpc) is 2.62. The van der Waals surface area contributed by atoms with Crippen LogP contribution in [0.3, 0.4) is 0 Å². The van der Waals surface area contributed by atoms with Gasteiger partial charge in [-0.2, -0.15) is 0 Å². The van der Waals surface area contributed by atoms with E-state index in [4.69, 9.17) is 5.41 Å². The van der Waals surface area contributed by atoms with Gasteiger partial charge in [-0.15, -0.1) is 0 Å². The molecule has 1 saturated heterocycles. The van der Waals surface area contributed by atoms with Gasteiger partial charge < -0.3 is 10.0 Å². The Morgan fingerprint density at radius 1 is 1.17 bits per heavy atom. The predicted octanol–water partition coefficient (Wildman–Crippen LogP) is 3.07. The van der Waals surface area contributed by atoms with Crippen LogP contribution < -0.4 is 0 Å². The molecular weight excluding hydrogens is 298 g/mol. The zero-order valence-electron chi connectivity index (χ0n) is 14.9. The lowest BCUT2D eigenvalue weighted by molar-refractivity contribution is -0.0606. The van der Waals surface area contributed by atoms with Gasteiger partial charge in [-0.3, -0.25) is 10.3 Å². The van der Waals surface area contributed by atoms with Crippen LogP contribution in [0.4, 0.5) is 0 Å². The fourth-order valence-electron chi connectivity index (χ4n) is 4.36. The number of hydrogen-bond donors (Lipinski definition) is 2. The molecule has 1 aromatic rings. The summed E-state index contributed by atoms with van der Waals surface area (Å²) in [5, 5.41) is 19.1. The van der Waals surface area contributed by atoms with E-state index in [0.717, 1.165) is 64.0 Å². The highest BCUT2D eigenvalue weighted by atomic mass is 16.3. The summed E-state index contributed by atoms with van der Waals surface area (Å²) in [7, 11) is 0. The summed E-state index contributed by atoms with van der Waals surface area (Å²) in [6.07, 6.45) is 5.45. The molecule has 0 radical (unpaired) electrons. The minimum atomic E-state index is -0.646. The highest BCUT2D eigenvalue weighted by molar-refractivity contribution is 5.76. The highest BCUT2D eigenvalue weighted by Gasteiger charge is 2.40. The molecule has 2 fully saturated rings. The van der Waals surface area contributed by atoms with E-state index < -0.39 is 5.60 Å². The van der Waals surface area contributed by atoms with Gasteiger partial charge in [0.1, 0.15) is 0 Å². The summed E-state index contributed by atoms with van der Waals surface area (Å²) in [6.45, 7) is 6.92. The zero-order chi connectivity index (χ0) is 17.0. The van der Waals surface area contributed by atoms with Crippen molar-refractivity contribution in [2.75, 3.05) is 32.7 Å². The predicted molar refractivity (Wildman–Crippen MR) is 98.3 cm³/mol. The van der Waals surface area contributed by atoms with Crippen molar-refractivity contribution in [1.29, 1.82) is 5.41 Å². The van der Waals surface area contributed by atoms with Crippen LogP contribution in [-0.4, -0.2) is 53.5 Å². The fourth-order valence-corrected chi connectivity index (χ4v) is 4.36. The standard InChI is InChI=1S/C20H31N3O/c1-17(21)23-15-13-22(14-16-23)12-10-19-9-5-6-11-20(19,24)18-7-3-2-4-8-18/h2-4,7-8,19,21,24H,5-6,9-16H2,1H3. The second-order valence-electron chi connectivity index (χ2n) is 7.44. The summed E-state index contributed by atoms with van der Waals surface area (Å²) in [4.78, 5) is 4.65. The van der Waals surface area contributed by atoms with Crippen molar-refractivity contribution in [3.63, 3.8) is 0 Å². The van der Waals surface area contributed by atoms with Crippen LogP contribution >= 0.6 is 0 Å². The van der Waals surface area contributed by atoms with Crippen molar-refractivity contribution in [2.24, 2.45) is 5.92 Å². The van der Waals surface area contributed by atoms with Gasteiger partial charge in [0.25, 0.3) is 0 Å². The quantitative estimate of drug-likeness (QED) is 0.659. The third-order valence-corrected chi connectivity index (χ3v) is 5.95. The summed E-state index contributed by atoms with van der Waals surface area (Å²) < 4.78 is 0. The topological polar surface area (TPSA) is 50.6 Å². The van der Waals surface area contributed by atoms with Crippen LogP contribution in [0, 0.1) is 11.3 Å². The number of aliphatic hydroxyl groups is 1. The molecule has 0 amide bonds. The van der Waals surface area contributed by atoms with Gasteiger partial charge >= 0.3 is 0 Å². The maximum Gasteiger partial charge on any atom is 0.0926 e. The SMILES string of the molecule is CC(=N)N1CCN(CCC2CCCCC2(O)c2ccccc2)CC1. The Morgan fingerprint density at radius 2 is 1.88 bits per heavy atom. The van der Waals surface area contributed by atoms with Gasteiger partial charge in [0.05, 0.1) is 11.4 Å². The van der Waals surface area contributed by atoms with Crippen molar-refractivity contribution in [2.45, 2.75) is 44.6 Å². The number of benzene rings is 1. The molecule has 0 aromatic heterocycles. The molecule has 2 aliphatic rings. The Hall–Kier alpha value is -1.39. The first kappa shape index (κ1) is 17.4. The zero-order valence-corrected chi connectivity index (χ0v) is 14.9. The summed E-state index contributed by atoms with van der Waals surface area (Å²) in [5.74, 6) is 1.04. The first-order valence-corrected chi connectivity index (χ1v) is 9.40. The Kier molecular flexibility index (Phi) is 5.57. The number of piperazine rings is 1. The lowest BCUT2D eigenvalue weighted by atomic mass is 9.70. The first-order chi connectivity index (χ1) is 11.6. The summed E-state index contributed by atoms with van der Waals surface area (Å²) in [5.41, 5.74) is 0.450. The first-order valence-electron chi connectivity index (χ1n) is 9.40. The van der Waals surface area contributed by atoms with Crippen LogP contribution in [0.15, 0.2) is 30.3 Å². The van der Waals surface area contributed by atoms with Crippen LogP contribution in [0.25, 0.3) is 0 Å². The summed E-state index contributed by atoms with van der Waals surface area (Å²) in [6, 6.07) is 10.3. The fraction of sp³-hybridized carbons (Fsp3) is 0.650. The van der Waals surface area contributed by atoms with Gasteiger partial charge in [-0.1, -0.05) is 43.2 Å². The maximum absolute atomic E-state index is 11.4. The molecule has 4 nitrogen and oxygen atoms in total. The largest absolute Gasteiger partial charge is 0.385 e. The molecular formula is C20H31N3O. The van der Waals surface area contributed by atoms with Gasteiger partial charge in [0, 0.05) is 26.2 Å². The molecule has 2 unspecified atom stereocenters. The van der Waals surface area contributed by atoms with E-state index in [0.29, 0.717) is 11.8 Å². The lowest BCUT2D eigenvalue weighted by Gasteiger charge is -2.42. The minimum absolute atomic E-state index is 0.358. The van der Waals surface area contributed by atoms with E-state index in [1.54, 1.807) is 0 Å². The maximum atomic E-state index is 11.4. The monoisotopic (exact) mass is 329 g/mol. The van der Waals surface area contributed by atoms with Gasteiger partial charge in [0.2, 0.25) is 0 Å². The lowest BCUT2D eigenvalue weighted by Crippen LogP contribution is -2.49. The third kappa shape index (κ3) is 3.81. The number of amidine groups is 1. The van der Waals surface area contributed by atoms with Gasteiger partial charge in [-0.25, -0.2) is 0 Å². The summed E-state index contributed by atoms with van der Waals surface area (Å²) >= 11 is 0. The van der Waals surface area contributed by atoms with E-state index >= 15 is 0 Å². The normalized spacial score (nSPS) is 28.8. The minimum Gasteiger partial charge on any atom is -0.385 e. The molecule has 3 rings (SSSR count). The van der Waals surface area contributed by atoms with Crippen molar-refractivity contribution in [1.82, 2.24) is 9.80 Å². The molecule has 1 heterocycles. The van der Waals surface area contributed by atoms with Crippen LogP contribution in [-0.2, 0) is 5.60 Å². The second-order valence-corrected chi connectivity index (χ2v) is 7.44. The third-order valence-electron chi connectivity index (χ3n) is 5.95. The highest BCUT2D eigenvalue weighted by Crippen LogP contribution is 2.43. The van der Waals surface area contributed by atoms with Crippen LogP contribution in [0.2, 0.25) is 0 Å². The average molecular weight is 329 g/mol. The number of hydrogen-bond acceptors (Lipinski definition) is 3. The smallest absolute Gasteiger partial charge is 0.0926 e. The van der Waals surface area contributed by atoms with Gasteiger partial charge in [0.15, 0.2) is 0 Å². The van der Waals surface area contributed by atoms with Crippen LogP contribution in [0.5, 0.6) is 0 Å². The Labute approximate surface area is 146 Å². The molecule has 132 valence electrons. The molecule has 1 aliphatic heterocycles. The van der Waals surface area contributed by atoms with Crippen molar-refractivity contribution >= 4 is 5.84 Å². The van der Waals surface area contributed by atoms with E-state index in [-0.39, 0.29) is 0 Å². The molecule has 1 saturated carbocycles. The Balaban J connectivity index is 1.58. The second kappa shape index (κ2) is 7.66. The van der Waals surface area contributed by atoms with E-state index in [1.807, 2.05) is 25.1 Å². The molecule has 24 heavy (non-hydrogen) atoms. The molecule has 2 N–H and O–H groups in total. The van der Waals surface area contributed by atoms with E-state index in [2.05, 4.69) is 21.9 Å². The Morgan fingerprint density at radius 3 is 2.54 bits per heavy atom. The number of nitrogens with one attached hydrogen (secondary N) is 1. The van der Waals surface area contributed by atoms with Gasteiger partial charge in [-0.05, 0) is 44.2 Å². The molecule has 2 atom stereocenters. The van der Waals surface area contributed by atoms with Crippen molar-refractivity contribution < 1.29 is 5.11 Å². The molecule has 1 aliphatic carbocycles. The molecule has 0 bridgehead atoms. The Bertz CT molecular complexity index is 539. The molecule has 4 heteroatoms. The number of nitrogens with zero attached hydrogens (tertiary/aromatic N) is 2. The molecule has 0 spiro atoms. The van der Waals surface area contributed by atoms with E-state index in [9.17, 15) is 5.11 Å².